The van der Waals surface area contributed by atoms with Crippen LogP contribution >= 0.6 is 23.4 Å². The number of carbonyl (C=O) groups is 2. The molecule has 9 heteroatoms. The summed E-state index contributed by atoms with van der Waals surface area (Å²) in [5.41, 5.74) is 2.10. The fourth-order valence-corrected chi connectivity index (χ4v) is 4.32. The van der Waals surface area contributed by atoms with E-state index in [1.54, 1.807) is 24.3 Å². The molecule has 0 unspecified atom stereocenters. The molecule has 2 N–H and O–H groups in total. The van der Waals surface area contributed by atoms with Crippen LogP contribution in [0.4, 0.5) is 5.69 Å². The van der Waals surface area contributed by atoms with E-state index in [2.05, 4.69) is 20.8 Å². The van der Waals surface area contributed by atoms with Gasteiger partial charge >= 0.3 is 0 Å². The second-order valence-electron chi connectivity index (χ2n) is 7.90. The first-order valence-corrected chi connectivity index (χ1v) is 12.1. The Bertz CT molecular complexity index is 1120. The van der Waals surface area contributed by atoms with Gasteiger partial charge in [-0.15, -0.1) is 10.2 Å². The van der Waals surface area contributed by atoms with Crippen LogP contribution in [0.5, 0.6) is 0 Å². The molecule has 0 saturated carbocycles. The van der Waals surface area contributed by atoms with E-state index in [-0.39, 0.29) is 29.5 Å². The Hall–Kier alpha value is -2.84. The number of thioether (sulfide) groups is 1. The minimum absolute atomic E-state index is 0.0964. The maximum atomic E-state index is 12.7. The van der Waals surface area contributed by atoms with Gasteiger partial charge in [-0.05, 0) is 49.6 Å². The molecular formula is C24H28ClN5O2S. The molecule has 0 aliphatic rings. The predicted molar refractivity (Wildman–Crippen MR) is 133 cm³/mol. The third-order valence-corrected chi connectivity index (χ3v) is 6.58. The van der Waals surface area contributed by atoms with Crippen molar-refractivity contribution in [2.75, 3.05) is 11.1 Å². The molecule has 2 amide bonds. The zero-order chi connectivity index (χ0) is 24.0. The second-order valence-corrected chi connectivity index (χ2v) is 9.25. The van der Waals surface area contributed by atoms with E-state index in [1.807, 2.05) is 56.5 Å². The van der Waals surface area contributed by atoms with Crippen molar-refractivity contribution in [3.63, 3.8) is 0 Å². The largest absolute Gasteiger partial charge is 0.342 e. The molecule has 0 aliphatic carbocycles. The first-order valence-electron chi connectivity index (χ1n) is 10.8. The van der Waals surface area contributed by atoms with Gasteiger partial charge in [0.1, 0.15) is 0 Å². The smallest absolute Gasteiger partial charge is 0.251 e. The van der Waals surface area contributed by atoms with Crippen LogP contribution in [0.2, 0.25) is 5.02 Å². The fourth-order valence-electron chi connectivity index (χ4n) is 3.34. The first kappa shape index (κ1) is 24.8. The lowest BCUT2D eigenvalue weighted by Crippen LogP contribution is -2.33. The molecule has 1 aromatic heterocycles. The Kier molecular flexibility index (Phi) is 8.52. The average molecular weight is 486 g/mol. The van der Waals surface area contributed by atoms with Gasteiger partial charge in [0.15, 0.2) is 11.0 Å². The first-order chi connectivity index (χ1) is 15.8. The highest BCUT2D eigenvalue weighted by atomic mass is 35.5. The quantitative estimate of drug-likeness (QED) is 0.411. The van der Waals surface area contributed by atoms with E-state index in [0.29, 0.717) is 33.8 Å². The van der Waals surface area contributed by atoms with Crippen molar-refractivity contribution in [2.45, 2.75) is 45.4 Å². The number of carbonyl (C=O) groups excluding carboxylic acids is 2. The lowest BCUT2D eigenvalue weighted by Gasteiger charge is -2.22. The third kappa shape index (κ3) is 6.15. The second kappa shape index (κ2) is 11.3. The molecule has 7 nitrogen and oxygen atoms in total. The monoisotopic (exact) mass is 485 g/mol. The zero-order valence-corrected chi connectivity index (χ0v) is 20.7. The van der Waals surface area contributed by atoms with Gasteiger partial charge in [0.25, 0.3) is 5.91 Å². The number of amides is 2. The van der Waals surface area contributed by atoms with Gasteiger partial charge in [-0.25, -0.2) is 0 Å². The van der Waals surface area contributed by atoms with Crippen LogP contribution in [0.3, 0.4) is 0 Å². The van der Waals surface area contributed by atoms with Crippen molar-refractivity contribution in [2.24, 2.45) is 5.92 Å². The molecule has 0 radical (unpaired) electrons. The van der Waals surface area contributed by atoms with Crippen LogP contribution in [0, 0.1) is 12.8 Å². The molecule has 174 valence electrons. The van der Waals surface area contributed by atoms with Gasteiger partial charge in [-0.1, -0.05) is 61.5 Å². The van der Waals surface area contributed by atoms with E-state index in [9.17, 15) is 9.59 Å². The number of nitrogens with zero attached hydrogens (tertiary/aromatic N) is 3. The summed E-state index contributed by atoms with van der Waals surface area (Å²) in [7, 11) is 0. The number of hydrogen-bond acceptors (Lipinski definition) is 5. The summed E-state index contributed by atoms with van der Waals surface area (Å²) >= 11 is 7.44. The van der Waals surface area contributed by atoms with Gasteiger partial charge in [0.05, 0.1) is 11.8 Å². The molecule has 0 spiro atoms. The van der Waals surface area contributed by atoms with Gasteiger partial charge in [0.2, 0.25) is 5.91 Å². The molecule has 3 aromatic rings. The highest BCUT2D eigenvalue weighted by Crippen LogP contribution is 2.26. The average Bonchev–Trinajstić information content (AvgIpc) is 3.21. The van der Waals surface area contributed by atoms with Crippen LogP contribution in [0.1, 0.15) is 48.6 Å². The minimum atomic E-state index is -0.317. The molecule has 0 bridgehead atoms. The molecule has 3 rings (SSSR count). The van der Waals surface area contributed by atoms with Gasteiger partial charge in [0, 0.05) is 22.8 Å². The van der Waals surface area contributed by atoms with E-state index in [4.69, 9.17) is 11.6 Å². The number of aromatic nitrogens is 3. The molecule has 0 aliphatic heterocycles. The Labute approximate surface area is 203 Å². The molecule has 1 atom stereocenters. The number of benzene rings is 2. The van der Waals surface area contributed by atoms with Crippen molar-refractivity contribution in [3.05, 3.63) is 70.5 Å². The molecule has 2 aromatic carbocycles. The standard InChI is InChI=1S/C24H28ClN5O2S/c1-5-30-22(21(15(2)3)27-23(32)17-10-7-6-8-11-17)28-29-24(30)33-14-20(31)26-19-13-9-12-18(25)16(19)4/h6-13,15,21H,5,14H2,1-4H3,(H,26,31)(H,27,32)/t21-/m1/s1. The third-order valence-electron chi connectivity index (χ3n) is 5.20. The highest BCUT2D eigenvalue weighted by Gasteiger charge is 2.26. The predicted octanol–water partition coefficient (Wildman–Crippen LogP) is 5.12. The summed E-state index contributed by atoms with van der Waals surface area (Å²) in [5, 5.41) is 15.9. The van der Waals surface area contributed by atoms with Gasteiger partial charge in [-0.3, -0.25) is 9.59 Å². The van der Waals surface area contributed by atoms with Crippen LogP contribution < -0.4 is 10.6 Å². The number of nitrogens with one attached hydrogen (secondary N) is 2. The summed E-state index contributed by atoms with van der Waals surface area (Å²) < 4.78 is 1.94. The molecular weight excluding hydrogens is 458 g/mol. The number of anilines is 1. The number of hydrogen-bond donors (Lipinski definition) is 2. The summed E-state index contributed by atoms with van der Waals surface area (Å²) in [6, 6.07) is 14.2. The van der Waals surface area contributed by atoms with Crippen LogP contribution in [-0.2, 0) is 11.3 Å². The van der Waals surface area contributed by atoms with E-state index >= 15 is 0 Å². The van der Waals surface area contributed by atoms with E-state index < -0.39 is 0 Å². The summed E-state index contributed by atoms with van der Waals surface area (Å²) in [6.45, 7) is 8.52. The fraction of sp³-hybridized carbons (Fsp3) is 0.333. The van der Waals surface area contributed by atoms with Crippen molar-refractivity contribution in [3.8, 4) is 0 Å². The maximum absolute atomic E-state index is 12.7. The number of halogens is 1. The van der Waals surface area contributed by atoms with Crippen molar-refractivity contribution in [1.29, 1.82) is 0 Å². The lowest BCUT2D eigenvalue weighted by molar-refractivity contribution is -0.113. The van der Waals surface area contributed by atoms with Gasteiger partial charge in [-0.2, -0.15) is 0 Å². The number of rotatable bonds is 9. The summed E-state index contributed by atoms with van der Waals surface area (Å²) in [6.07, 6.45) is 0. The SMILES string of the molecule is CCn1c(SCC(=O)Nc2cccc(Cl)c2C)nnc1[C@H](NC(=O)c1ccccc1)C(C)C. The molecule has 33 heavy (non-hydrogen) atoms. The van der Waals surface area contributed by atoms with E-state index in [0.717, 1.165) is 5.56 Å². The van der Waals surface area contributed by atoms with Crippen LogP contribution in [0.25, 0.3) is 0 Å². The maximum Gasteiger partial charge on any atom is 0.251 e. The topological polar surface area (TPSA) is 88.9 Å². The summed E-state index contributed by atoms with van der Waals surface area (Å²) in [5.74, 6) is 0.623. The highest BCUT2D eigenvalue weighted by molar-refractivity contribution is 7.99. The van der Waals surface area contributed by atoms with Crippen LogP contribution in [0.15, 0.2) is 53.7 Å². The lowest BCUT2D eigenvalue weighted by atomic mass is 10.0. The van der Waals surface area contributed by atoms with Crippen LogP contribution in [-0.4, -0.2) is 32.3 Å². The Morgan fingerprint density at radius 3 is 2.48 bits per heavy atom. The summed E-state index contributed by atoms with van der Waals surface area (Å²) in [4.78, 5) is 25.3. The minimum Gasteiger partial charge on any atom is -0.342 e. The van der Waals surface area contributed by atoms with Gasteiger partial charge < -0.3 is 15.2 Å². The van der Waals surface area contributed by atoms with E-state index in [1.165, 1.54) is 11.8 Å². The molecule has 0 fully saturated rings. The van der Waals surface area contributed by atoms with Crippen molar-refractivity contribution in [1.82, 2.24) is 20.1 Å². The van der Waals surface area contributed by atoms with Crippen molar-refractivity contribution >= 4 is 40.9 Å². The normalized spacial score (nSPS) is 11.9. The Morgan fingerprint density at radius 2 is 1.82 bits per heavy atom. The zero-order valence-electron chi connectivity index (χ0n) is 19.1. The Morgan fingerprint density at radius 1 is 1.09 bits per heavy atom. The Balaban J connectivity index is 1.71. The van der Waals surface area contributed by atoms with Crippen molar-refractivity contribution < 1.29 is 9.59 Å². The molecule has 1 heterocycles. The molecule has 0 saturated heterocycles.